The molecule has 0 aliphatic carbocycles. The molecule has 0 bridgehead atoms. The molecule has 7 nitrogen and oxygen atoms in total. The number of benzene rings is 1. The van der Waals surface area contributed by atoms with Gasteiger partial charge in [-0.15, -0.1) is 0 Å². The number of aryl methyl sites for hydroxylation is 2. The third kappa shape index (κ3) is 2.82. The van der Waals surface area contributed by atoms with Crippen LogP contribution in [0.5, 0.6) is 0 Å². The second-order valence-electron chi connectivity index (χ2n) is 4.37. The van der Waals surface area contributed by atoms with Gasteiger partial charge in [0.2, 0.25) is 0 Å². The fourth-order valence-corrected chi connectivity index (χ4v) is 1.85. The number of hydrogen-bond donors (Lipinski definition) is 0. The van der Waals surface area contributed by atoms with Gasteiger partial charge >= 0.3 is 5.69 Å². The molecule has 0 aliphatic heterocycles. The molecule has 1 heterocycles. The molecular formula is C13H13N3O4. The average Bonchev–Trinajstić information content (AvgIpc) is 2.43. The molecule has 0 saturated carbocycles. The van der Waals surface area contributed by atoms with Gasteiger partial charge in [-0.3, -0.25) is 19.5 Å². The summed E-state index contributed by atoms with van der Waals surface area (Å²) in [5, 5.41) is 10.5. The van der Waals surface area contributed by atoms with E-state index < -0.39 is 4.92 Å². The van der Waals surface area contributed by atoms with Crippen molar-refractivity contribution in [3.05, 3.63) is 73.0 Å². The van der Waals surface area contributed by atoms with Crippen LogP contribution in [-0.4, -0.2) is 14.1 Å². The lowest BCUT2D eigenvalue weighted by Crippen LogP contribution is -2.38. The van der Waals surface area contributed by atoms with E-state index in [0.717, 1.165) is 10.1 Å². The van der Waals surface area contributed by atoms with Gasteiger partial charge in [-0.2, -0.15) is 0 Å². The zero-order valence-electron chi connectivity index (χ0n) is 10.9. The molecular weight excluding hydrogens is 262 g/mol. The Morgan fingerprint density at radius 1 is 1.15 bits per heavy atom. The van der Waals surface area contributed by atoms with E-state index in [2.05, 4.69) is 0 Å². The van der Waals surface area contributed by atoms with Crippen molar-refractivity contribution in [1.82, 2.24) is 9.13 Å². The number of nitro groups is 1. The third-order valence-electron chi connectivity index (χ3n) is 3.01. The summed E-state index contributed by atoms with van der Waals surface area (Å²) in [5.41, 5.74) is 0.115. The highest BCUT2D eigenvalue weighted by molar-refractivity contribution is 5.32. The largest absolute Gasteiger partial charge is 0.330 e. The lowest BCUT2D eigenvalue weighted by atomic mass is 10.1. The number of nitro benzene ring substituents is 1. The average molecular weight is 275 g/mol. The van der Waals surface area contributed by atoms with Gasteiger partial charge in [0, 0.05) is 38.0 Å². The maximum absolute atomic E-state index is 11.8. The molecule has 0 aliphatic rings. The molecule has 2 rings (SSSR count). The highest BCUT2D eigenvalue weighted by Gasteiger charge is 2.06. The van der Waals surface area contributed by atoms with Crippen molar-refractivity contribution in [2.45, 2.75) is 13.0 Å². The van der Waals surface area contributed by atoms with Crippen LogP contribution in [0, 0.1) is 10.1 Å². The standard InChI is InChI=1S/C13H13N3O4/c1-14-8-7-12(17)15(13(14)18)9-6-10-2-4-11(5-3-10)16(19)20/h2-5,7-8H,6,9H2,1H3. The topological polar surface area (TPSA) is 87.1 Å². The van der Waals surface area contributed by atoms with Gasteiger partial charge in [0.05, 0.1) is 4.92 Å². The first-order valence-electron chi connectivity index (χ1n) is 5.99. The molecule has 104 valence electrons. The first-order chi connectivity index (χ1) is 9.49. The molecule has 20 heavy (non-hydrogen) atoms. The van der Waals surface area contributed by atoms with Gasteiger partial charge < -0.3 is 4.57 Å². The van der Waals surface area contributed by atoms with E-state index in [0.29, 0.717) is 6.42 Å². The summed E-state index contributed by atoms with van der Waals surface area (Å²) in [6.07, 6.45) is 1.88. The van der Waals surface area contributed by atoms with Gasteiger partial charge in [0.25, 0.3) is 11.2 Å². The Morgan fingerprint density at radius 3 is 2.40 bits per heavy atom. The molecule has 2 aromatic rings. The van der Waals surface area contributed by atoms with Crippen LogP contribution in [0.2, 0.25) is 0 Å². The molecule has 0 spiro atoms. The van der Waals surface area contributed by atoms with E-state index in [9.17, 15) is 19.7 Å². The van der Waals surface area contributed by atoms with E-state index in [1.54, 1.807) is 19.2 Å². The third-order valence-corrected chi connectivity index (χ3v) is 3.01. The Balaban J connectivity index is 2.17. The van der Waals surface area contributed by atoms with Crippen LogP contribution in [0.15, 0.2) is 46.1 Å². The number of nitrogens with zero attached hydrogens (tertiary/aromatic N) is 3. The smallest absolute Gasteiger partial charge is 0.303 e. The van der Waals surface area contributed by atoms with E-state index in [-0.39, 0.29) is 23.5 Å². The minimum Gasteiger partial charge on any atom is -0.303 e. The van der Waals surface area contributed by atoms with Crippen LogP contribution in [-0.2, 0) is 20.0 Å². The predicted octanol–water partition coefficient (Wildman–Crippen LogP) is 0.698. The molecule has 0 N–H and O–H groups in total. The number of rotatable bonds is 4. The SMILES string of the molecule is Cn1ccc(=O)n(CCc2ccc([N+](=O)[O-])cc2)c1=O. The summed E-state index contributed by atoms with van der Waals surface area (Å²) in [6.45, 7) is 0.240. The summed E-state index contributed by atoms with van der Waals surface area (Å²) in [6, 6.07) is 7.38. The lowest BCUT2D eigenvalue weighted by Gasteiger charge is -2.06. The normalized spacial score (nSPS) is 10.4. The van der Waals surface area contributed by atoms with Crippen molar-refractivity contribution in [3.8, 4) is 0 Å². The van der Waals surface area contributed by atoms with Crippen LogP contribution >= 0.6 is 0 Å². The van der Waals surface area contributed by atoms with Crippen molar-refractivity contribution in [2.24, 2.45) is 7.05 Å². The van der Waals surface area contributed by atoms with Gasteiger partial charge in [-0.05, 0) is 12.0 Å². The van der Waals surface area contributed by atoms with Crippen LogP contribution in [0.1, 0.15) is 5.56 Å². The highest BCUT2D eigenvalue weighted by atomic mass is 16.6. The Bertz CT molecular complexity index is 743. The Hall–Kier alpha value is -2.70. The van der Waals surface area contributed by atoms with E-state index in [1.807, 2.05) is 0 Å². The summed E-state index contributed by atoms with van der Waals surface area (Å²) in [7, 11) is 1.57. The van der Waals surface area contributed by atoms with E-state index in [1.165, 1.54) is 29.0 Å². The molecule has 7 heteroatoms. The summed E-state index contributed by atoms with van der Waals surface area (Å²) >= 11 is 0. The first-order valence-corrected chi connectivity index (χ1v) is 5.99. The monoisotopic (exact) mass is 275 g/mol. The minimum absolute atomic E-state index is 0.0153. The molecule has 1 aromatic carbocycles. The molecule has 0 unspecified atom stereocenters. The zero-order valence-corrected chi connectivity index (χ0v) is 10.9. The molecule has 1 aromatic heterocycles. The van der Waals surface area contributed by atoms with E-state index >= 15 is 0 Å². The van der Waals surface area contributed by atoms with Gasteiger partial charge in [0.1, 0.15) is 0 Å². The van der Waals surface area contributed by atoms with Gasteiger partial charge in [-0.25, -0.2) is 4.79 Å². The second-order valence-corrected chi connectivity index (χ2v) is 4.37. The zero-order chi connectivity index (χ0) is 14.7. The summed E-state index contributed by atoms with van der Waals surface area (Å²) in [5.74, 6) is 0. The van der Waals surface area contributed by atoms with Crippen LogP contribution in [0.3, 0.4) is 0 Å². The number of aromatic nitrogens is 2. The quantitative estimate of drug-likeness (QED) is 0.607. The van der Waals surface area contributed by atoms with Crippen molar-refractivity contribution in [3.63, 3.8) is 0 Å². The molecule has 0 atom stereocenters. The maximum atomic E-state index is 11.8. The number of hydrogen-bond acceptors (Lipinski definition) is 4. The lowest BCUT2D eigenvalue weighted by molar-refractivity contribution is -0.384. The summed E-state index contributed by atoms with van der Waals surface area (Å²) in [4.78, 5) is 33.5. The van der Waals surface area contributed by atoms with Crippen molar-refractivity contribution >= 4 is 5.69 Å². The van der Waals surface area contributed by atoms with Crippen LogP contribution in [0.4, 0.5) is 5.69 Å². The van der Waals surface area contributed by atoms with Gasteiger partial charge in [-0.1, -0.05) is 12.1 Å². The summed E-state index contributed by atoms with van der Waals surface area (Å²) < 4.78 is 2.47. The van der Waals surface area contributed by atoms with Gasteiger partial charge in [0.15, 0.2) is 0 Å². The van der Waals surface area contributed by atoms with Crippen LogP contribution in [0.25, 0.3) is 0 Å². The fourth-order valence-electron chi connectivity index (χ4n) is 1.85. The van der Waals surface area contributed by atoms with Crippen molar-refractivity contribution in [2.75, 3.05) is 0 Å². The molecule has 0 amide bonds. The van der Waals surface area contributed by atoms with Crippen LogP contribution < -0.4 is 11.2 Å². The molecule has 0 radical (unpaired) electrons. The maximum Gasteiger partial charge on any atom is 0.330 e. The molecule has 0 saturated heterocycles. The Labute approximate surface area is 113 Å². The number of non-ortho nitro benzene ring substituents is 1. The Morgan fingerprint density at radius 2 is 1.80 bits per heavy atom. The Kier molecular flexibility index (Phi) is 3.79. The second kappa shape index (κ2) is 5.52. The minimum atomic E-state index is -0.471. The van der Waals surface area contributed by atoms with Crippen molar-refractivity contribution in [1.29, 1.82) is 0 Å². The molecule has 0 fully saturated rings. The van der Waals surface area contributed by atoms with Crippen molar-refractivity contribution < 1.29 is 4.92 Å². The van der Waals surface area contributed by atoms with E-state index in [4.69, 9.17) is 0 Å². The first kappa shape index (κ1) is 13.7. The predicted molar refractivity (Wildman–Crippen MR) is 72.7 cm³/mol. The fraction of sp³-hybridized carbons (Fsp3) is 0.231. The highest BCUT2D eigenvalue weighted by Crippen LogP contribution is 2.12.